The molecule has 0 radical (unpaired) electrons. The highest BCUT2D eigenvalue weighted by Gasteiger charge is 2.64. The number of aliphatic hydroxyl groups is 1. The second kappa shape index (κ2) is 7.19. The molecule has 0 unspecified atom stereocenters. The maximum atomic E-state index is 13.1. The van der Waals surface area contributed by atoms with E-state index < -0.39 is 20.0 Å². The first-order chi connectivity index (χ1) is 13.7. The van der Waals surface area contributed by atoms with Crippen LogP contribution >= 0.6 is 0 Å². The number of carbonyl (C=O) groups excluding carboxylic acids is 2. The van der Waals surface area contributed by atoms with E-state index in [4.69, 9.17) is 4.74 Å². The van der Waals surface area contributed by atoms with Gasteiger partial charge in [0.2, 0.25) is 5.91 Å². The lowest BCUT2D eigenvalue weighted by atomic mass is 9.82. The minimum atomic E-state index is -2.75. The third-order valence-electron chi connectivity index (χ3n) is 6.93. The van der Waals surface area contributed by atoms with Crippen LogP contribution in [0.4, 0.5) is 5.69 Å². The lowest BCUT2D eigenvalue weighted by molar-refractivity contribution is -0.148. The first-order valence-electron chi connectivity index (χ1n) is 10.4. The third-order valence-corrected chi connectivity index (χ3v) is 9.43. The standard InChI is InChI=1S/C21H30N2O5Si/c1-13-19(29(2,3)27)17(11-18(25)23-10-6-7-14(23)12-24)28-21(13)15-8-4-5-9-16(15)22-20(21)26/h4-5,8-9,13-14,17,19,24,27H,6-7,10-12H2,1-3H3,(H,22,26)/t13-,14+,17+,19-,21+/m1/s1. The summed E-state index contributed by atoms with van der Waals surface area (Å²) < 4.78 is 6.45. The van der Waals surface area contributed by atoms with Crippen LogP contribution in [0.5, 0.6) is 0 Å². The van der Waals surface area contributed by atoms with E-state index >= 15 is 0 Å². The molecule has 4 rings (SSSR count). The number of fused-ring (bicyclic) bond motifs is 2. The van der Waals surface area contributed by atoms with E-state index in [0.717, 1.165) is 24.1 Å². The van der Waals surface area contributed by atoms with Crippen LogP contribution in [0, 0.1) is 5.92 Å². The predicted octanol–water partition coefficient (Wildman–Crippen LogP) is 1.81. The Bertz CT molecular complexity index is 826. The SMILES string of the molecule is C[C@@H]1[C@@H]([Si](C)(C)O)[C@H](CC(=O)N2CCC[C@H]2CO)O[C@@]12C(=O)Nc1ccccc12. The fourth-order valence-corrected chi connectivity index (χ4v) is 8.25. The number of para-hydroxylation sites is 1. The zero-order valence-electron chi connectivity index (χ0n) is 17.2. The summed E-state index contributed by atoms with van der Waals surface area (Å²) in [4.78, 5) is 38.9. The molecule has 29 heavy (non-hydrogen) atoms. The van der Waals surface area contributed by atoms with Gasteiger partial charge < -0.3 is 24.9 Å². The van der Waals surface area contributed by atoms with Gasteiger partial charge >= 0.3 is 0 Å². The monoisotopic (exact) mass is 418 g/mol. The van der Waals surface area contributed by atoms with Crippen molar-refractivity contribution in [3.05, 3.63) is 29.8 Å². The van der Waals surface area contributed by atoms with Crippen LogP contribution in [0.2, 0.25) is 18.6 Å². The molecule has 2 amide bonds. The van der Waals surface area contributed by atoms with Gasteiger partial charge in [0.25, 0.3) is 5.91 Å². The van der Waals surface area contributed by atoms with Gasteiger partial charge in [-0.05, 0) is 32.0 Å². The molecule has 0 bridgehead atoms. The van der Waals surface area contributed by atoms with Crippen LogP contribution in [0.3, 0.4) is 0 Å². The molecule has 3 aliphatic rings. The van der Waals surface area contributed by atoms with Gasteiger partial charge in [-0.2, -0.15) is 0 Å². The highest BCUT2D eigenvalue weighted by Crippen LogP contribution is 2.58. The highest BCUT2D eigenvalue weighted by atomic mass is 28.4. The summed E-state index contributed by atoms with van der Waals surface area (Å²) in [6.07, 6.45) is 1.25. The van der Waals surface area contributed by atoms with Crippen molar-refractivity contribution < 1.29 is 24.2 Å². The second-order valence-corrected chi connectivity index (χ2v) is 13.1. The Morgan fingerprint density at radius 2 is 2.10 bits per heavy atom. The van der Waals surface area contributed by atoms with E-state index in [1.54, 1.807) is 4.90 Å². The number of nitrogens with zero attached hydrogens (tertiary/aromatic N) is 1. The molecule has 0 aliphatic carbocycles. The Morgan fingerprint density at radius 3 is 2.79 bits per heavy atom. The van der Waals surface area contributed by atoms with E-state index in [9.17, 15) is 19.5 Å². The fourth-order valence-electron chi connectivity index (χ4n) is 5.70. The second-order valence-electron chi connectivity index (χ2n) is 9.13. The summed E-state index contributed by atoms with van der Waals surface area (Å²) in [5.74, 6) is -0.563. The average molecular weight is 419 g/mol. The van der Waals surface area contributed by atoms with Crippen LogP contribution in [0.25, 0.3) is 0 Å². The molecule has 5 atom stereocenters. The van der Waals surface area contributed by atoms with E-state index in [1.165, 1.54) is 0 Å². The van der Waals surface area contributed by atoms with Crippen molar-refractivity contribution in [1.82, 2.24) is 4.90 Å². The summed E-state index contributed by atoms with van der Waals surface area (Å²) in [6, 6.07) is 7.33. The molecule has 2 fully saturated rings. The molecule has 7 nitrogen and oxygen atoms in total. The Labute approximate surface area is 172 Å². The minimum absolute atomic E-state index is 0.0446. The van der Waals surface area contributed by atoms with Crippen molar-refractivity contribution in [2.24, 2.45) is 5.92 Å². The van der Waals surface area contributed by atoms with Crippen molar-refractivity contribution in [2.45, 2.75) is 62.6 Å². The Morgan fingerprint density at radius 1 is 1.38 bits per heavy atom. The van der Waals surface area contributed by atoms with Crippen molar-refractivity contribution in [2.75, 3.05) is 18.5 Å². The van der Waals surface area contributed by atoms with E-state index in [-0.39, 0.29) is 42.3 Å². The Kier molecular flexibility index (Phi) is 5.09. The number of anilines is 1. The van der Waals surface area contributed by atoms with Gasteiger partial charge in [0.15, 0.2) is 13.9 Å². The number of likely N-dealkylation sites (tertiary alicyclic amines) is 1. The molecule has 0 aromatic heterocycles. The third kappa shape index (κ3) is 3.13. The maximum absolute atomic E-state index is 13.1. The summed E-state index contributed by atoms with van der Waals surface area (Å²) in [5, 5.41) is 12.5. The zero-order valence-corrected chi connectivity index (χ0v) is 18.2. The molecule has 8 heteroatoms. The van der Waals surface area contributed by atoms with Gasteiger partial charge in [0, 0.05) is 29.3 Å². The van der Waals surface area contributed by atoms with Crippen LogP contribution in [0.15, 0.2) is 24.3 Å². The van der Waals surface area contributed by atoms with E-state index in [2.05, 4.69) is 5.32 Å². The summed E-state index contributed by atoms with van der Waals surface area (Å²) in [6.45, 7) is 6.23. The maximum Gasteiger partial charge on any atom is 0.261 e. The normalized spacial score (nSPS) is 34.0. The van der Waals surface area contributed by atoms with Gasteiger partial charge in [-0.25, -0.2) is 0 Å². The summed E-state index contributed by atoms with van der Waals surface area (Å²) >= 11 is 0. The molecular formula is C21H30N2O5Si. The van der Waals surface area contributed by atoms with Crippen molar-refractivity contribution in [1.29, 1.82) is 0 Å². The van der Waals surface area contributed by atoms with Crippen molar-refractivity contribution in [3.8, 4) is 0 Å². The van der Waals surface area contributed by atoms with E-state index in [1.807, 2.05) is 44.3 Å². The van der Waals surface area contributed by atoms with E-state index in [0.29, 0.717) is 6.54 Å². The Hall–Kier alpha value is -1.74. The molecule has 3 N–H and O–H groups in total. The lowest BCUT2D eigenvalue weighted by Crippen LogP contribution is -2.44. The minimum Gasteiger partial charge on any atom is -0.432 e. The molecular weight excluding hydrogens is 388 g/mol. The van der Waals surface area contributed by atoms with Crippen molar-refractivity contribution >= 4 is 25.8 Å². The summed E-state index contributed by atoms with van der Waals surface area (Å²) in [7, 11) is -2.75. The van der Waals surface area contributed by atoms with Gasteiger partial charge in [0.1, 0.15) is 0 Å². The predicted molar refractivity (Wildman–Crippen MR) is 111 cm³/mol. The zero-order chi connectivity index (χ0) is 21.0. The smallest absolute Gasteiger partial charge is 0.261 e. The molecule has 3 heterocycles. The summed E-state index contributed by atoms with van der Waals surface area (Å²) in [5.41, 5.74) is 0.0663. The Balaban J connectivity index is 1.67. The van der Waals surface area contributed by atoms with Gasteiger partial charge in [-0.1, -0.05) is 25.1 Å². The number of benzene rings is 1. The van der Waals surface area contributed by atoms with Crippen LogP contribution in [0.1, 0.15) is 31.7 Å². The molecule has 158 valence electrons. The van der Waals surface area contributed by atoms with Gasteiger partial charge in [-0.3, -0.25) is 9.59 Å². The number of hydrogen-bond acceptors (Lipinski definition) is 5. The van der Waals surface area contributed by atoms with Gasteiger partial charge in [0.05, 0.1) is 25.2 Å². The average Bonchev–Trinajstić information content (AvgIpc) is 3.31. The molecule has 1 spiro atoms. The first kappa shape index (κ1) is 20.5. The molecule has 1 aromatic carbocycles. The lowest BCUT2D eigenvalue weighted by Gasteiger charge is -2.32. The highest BCUT2D eigenvalue weighted by molar-refractivity contribution is 6.71. The van der Waals surface area contributed by atoms with Crippen LogP contribution < -0.4 is 5.32 Å². The number of amides is 2. The van der Waals surface area contributed by atoms with Crippen LogP contribution in [-0.4, -0.2) is 60.2 Å². The quantitative estimate of drug-likeness (QED) is 0.648. The number of rotatable bonds is 4. The number of ether oxygens (including phenoxy) is 1. The number of nitrogens with one attached hydrogen (secondary N) is 1. The fraction of sp³-hybridized carbons (Fsp3) is 0.619. The molecule has 2 saturated heterocycles. The molecule has 3 aliphatic heterocycles. The number of carbonyl (C=O) groups is 2. The van der Waals surface area contributed by atoms with Crippen LogP contribution in [-0.2, 0) is 19.9 Å². The topological polar surface area (TPSA) is 99.1 Å². The number of hydrogen-bond donors (Lipinski definition) is 3. The largest absolute Gasteiger partial charge is 0.432 e. The number of aliphatic hydroxyl groups excluding tert-OH is 1. The van der Waals surface area contributed by atoms with Gasteiger partial charge in [-0.15, -0.1) is 0 Å². The molecule has 1 aromatic rings. The molecule has 0 saturated carbocycles. The first-order valence-corrected chi connectivity index (χ1v) is 13.4. The van der Waals surface area contributed by atoms with Crippen molar-refractivity contribution in [3.63, 3.8) is 0 Å².